The minimum atomic E-state index is -0.380. The molecule has 1 aromatic carbocycles. The number of aromatic nitrogens is 2. The molecule has 1 spiro atoms. The zero-order valence-corrected chi connectivity index (χ0v) is 16.5. The van der Waals surface area contributed by atoms with Gasteiger partial charge in [-0.3, -0.25) is 4.79 Å². The van der Waals surface area contributed by atoms with Crippen LogP contribution in [0.15, 0.2) is 36.5 Å². The van der Waals surface area contributed by atoms with Crippen LogP contribution in [0.3, 0.4) is 0 Å². The van der Waals surface area contributed by atoms with Crippen LogP contribution in [0.1, 0.15) is 30.8 Å². The van der Waals surface area contributed by atoms with Gasteiger partial charge in [0.25, 0.3) is 5.91 Å². The molecule has 2 aromatic rings. The lowest BCUT2D eigenvalue weighted by atomic mass is 10.0. The predicted molar refractivity (Wildman–Crippen MR) is 104 cm³/mol. The lowest BCUT2D eigenvalue weighted by Crippen LogP contribution is -2.54. The minimum Gasteiger partial charge on any atom is -0.489 e. The number of nitrogens with zero attached hydrogens (tertiary/aromatic N) is 3. The Morgan fingerprint density at radius 1 is 1.29 bits per heavy atom. The van der Waals surface area contributed by atoms with E-state index in [4.69, 9.17) is 14.2 Å². The van der Waals surface area contributed by atoms with Crippen molar-refractivity contribution in [3.8, 4) is 11.4 Å². The Labute approximate surface area is 165 Å². The summed E-state index contributed by atoms with van der Waals surface area (Å²) in [6.45, 7) is 7.47. The number of ether oxygens (including phenoxy) is 3. The van der Waals surface area contributed by atoms with Crippen LogP contribution in [0.2, 0.25) is 0 Å². The first kappa shape index (κ1) is 19.0. The largest absolute Gasteiger partial charge is 0.489 e. The third kappa shape index (κ3) is 3.91. The fourth-order valence-corrected chi connectivity index (χ4v) is 3.58. The van der Waals surface area contributed by atoms with Crippen LogP contribution in [0.4, 0.5) is 0 Å². The van der Waals surface area contributed by atoms with Crippen molar-refractivity contribution in [1.82, 2.24) is 14.7 Å². The summed E-state index contributed by atoms with van der Waals surface area (Å²) in [5, 5.41) is 4.58. The maximum Gasteiger partial charge on any atom is 0.278 e. The van der Waals surface area contributed by atoms with E-state index >= 15 is 0 Å². The van der Waals surface area contributed by atoms with Gasteiger partial charge in [-0.15, -0.1) is 0 Å². The molecule has 0 N–H and O–H groups in total. The van der Waals surface area contributed by atoms with Crippen LogP contribution >= 0.6 is 0 Å². The third-order valence-electron chi connectivity index (χ3n) is 5.08. The standard InChI is InChI=1S/C21H27N3O4/c1-16(2)13-27-18-12-24(17-6-4-3-5-7-17)22-19(18)20(25)23-9-11-28-21(14-23)8-10-26-15-21/h3-7,12,16H,8-11,13-15H2,1-2H3. The van der Waals surface area contributed by atoms with E-state index in [1.54, 1.807) is 10.9 Å². The summed E-state index contributed by atoms with van der Waals surface area (Å²) in [6.07, 6.45) is 2.60. The van der Waals surface area contributed by atoms with Crippen molar-refractivity contribution in [2.24, 2.45) is 5.92 Å². The van der Waals surface area contributed by atoms with Crippen LogP contribution in [0, 0.1) is 5.92 Å². The first-order chi connectivity index (χ1) is 13.6. The molecule has 3 heterocycles. The van der Waals surface area contributed by atoms with Crippen molar-refractivity contribution in [3.63, 3.8) is 0 Å². The van der Waals surface area contributed by atoms with E-state index in [1.807, 2.05) is 35.2 Å². The molecule has 2 fully saturated rings. The number of rotatable bonds is 5. The molecule has 28 heavy (non-hydrogen) atoms. The van der Waals surface area contributed by atoms with Crippen molar-refractivity contribution in [2.75, 3.05) is 39.5 Å². The Bertz CT molecular complexity index is 812. The number of para-hydroxylation sites is 1. The number of carbonyl (C=O) groups is 1. The molecule has 150 valence electrons. The maximum absolute atomic E-state index is 13.3. The second-order valence-corrected chi connectivity index (χ2v) is 7.89. The van der Waals surface area contributed by atoms with Crippen molar-refractivity contribution in [2.45, 2.75) is 25.9 Å². The summed E-state index contributed by atoms with van der Waals surface area (Å²) >= 11 is 0. The molecule has 1 amide bonds. The average molecular weight is 385 g/mol. The lowest BCUT2D eigenvalue weighted by Gasteiger charge is -2.39. The molecule has 1 aromatic heterocycles. The van der Waals surface area contributed by atoms with Gasteiger partial charge >= 0.3 is 0 Å². The van der Waals surface area contributed by atoms with Crippen LogP contribution in [0.5, 0.6) is 5.75 Å². The van der Waals surface area contributed by atoms with Gasteiger partial charge in [-0.1, -0.05) is 32.0 Å². The highest BCUT2D eigenvalue weighted by atomic mass is 16.6. The molecule has 0 bridgehead atoms. The van der Waals surface area contributed by atoms with E-state index < -0.39 is 0 Å². The summed E-state index contributed by atoms with van der Waals surface area (Å²) in [6, 6.07) is 9.74. The highest BCUT2D eigenvalue weighted by molar-refractivity contribution is 5.95. The van der Waals surface area contributed by atoms with E-state index in [9.17, 15) is 4.79 Å². The number of amides is 1. The summed E-state index contributed by atoms with van der Waals surface area (Å²) in [5.41, 5.74) is 0.855. The molecule has 2 saturated heterocycles. The topological polar surface area (TPSA) is 65.8 Å². The summed E-state index contributed by atoms with van der Waals surface area (Å²) < 4.78 is 19.1. The average Bonchev–Trinajstić information content (AvgIpc) is 3.34. The number of carbonyl (C=O) groups excluding carboxylic acids is 1. The van der Waals surface area contributed by atoms with Gasteiger partial charge in [0.2, 0.25) is 0 Å². The molecule has 0 saturated carbocycles. The highest BCUT2D eigenvalue weighted by Gasteiger charge is 2.42. The number of hydrogen-bond donors (Lipinski definition) is 0. The van der Waals surface area contributed by atoms with Gasteiger partial charge < -0.3 is 19.1 Å². The quantitative estimate of drug-likeness (QED) is 0.791. The van der Waals surface area contributed by atoms with Gasteiger partial charge in [-0.05, 0) is 18.1 Å². The van der Waals surface area contributed by atoms with Crippen LogP contribution in [0.25, 0.3) is 5.69 Å². The zero-order valence-electron chi connectivity index (χ0n) is 16.5. The van der Waals surface area contributed by atoms with E-state index in [0.717, 1.165) is 12.1 Å². The molecular weight excluding hydrogens is 358 g/mol. The predicted octanol–water partition coefficient (Wildman–Crippen LogP) is 2.54. The number of hydrogen-bond acceptors (Lipinski definition) is 5. The van der Waals surface area contributed by atoms with Gasteiger partial charge in [0.15, 0.2) is 11.4 Å². The maximum atomic E-state index is 13.3. The minimum absolute atomic E-state index is 0.122. The normalized spacial score (nSPS) is 22.2. The van der Waals surface area contributed by atoms with Crippen molar-refractivity contribution >= 4 is 5.91 Å². The third-order valence-corrected chi connectivity index (χ3v) is 5.08. The van der Waals surface area contributed by atoms with Gasteiger partial charge in [-0.25, -0.2) is 4.68 Å². The molecule has 4 rings (SSSR count). The molecule has 7 heteroatoms. The monoisotopic (exact) mass is 385 g/mol. The fraction of sp³-hybridized carbons (Fsp3) is 0.524. The van der Waals surface area contributed by atoms with Crippen molar-refractivity contribution in [3.05, 3.63) is 42.2 Å². The van der Waals surface area contributed by atoms with Gasteiger partial charge in [0.1, 0.15) is 5.60 Å². The molecule has 1 unspecified atom stereocenters. The van der Waals surface area contributed by atoms with Crippen molar-refractivity contribution < 1.29 is 19.0 Å². The van der Waals surface area contributed by atoms with Gasteiger partial charge in [0.05, 0.1) is 38.2 Å². The van der Waals surface area contributed by atoms with E-state index in [0.29, 0.717) is 56.9 Å². The zero-order chi connectivity index (χ0) is 19.6. The molecule has 7 nitrogen and oxygen atoms in total. The molecular formula is C21H27N3O4. The fourth-order valence-electron chi connectivity index (χ4n) is 3.58. The van der Waals surface area contributed by atoms with Gasteiger partial charge in [-0.2, -0.15) is 5.10 Å². The van der Waals surface area contributed by atoms with Crippen LogP contribution < -0.4 is 4.74 Å². The van der Waals surface area contributed by atoms with Crippen LogP contribution in [-0.4, -0.2) is 65.7 Å². The molecule has 2 aliphatic heterocycles. The Morgan fingerprint density at radius 3 is 2.82 bits per heavy atom. The molecule has 0 radical (unpaired) electrons. The van der Waals surface area contributed by atoms with Crippen LogP contribution in [-0.2, 0) is 9.47 Å². The van der Waals surface area contributed by atoms with E-state index in [2.05, 4.69) is 18.9 Å². The Kier molecular flexibility index (Phi) is 5.37. The second-order valence-electron chi connectivity index (χ2n) is 7.89. The lowest BCUT2D eigenvalue weighted by molar-refractivity contribution is -0.0996. The summed E-state index contributed by atoms with van der Waals surface area (Å²) in [4.78, 5) is 15.1. The molecule has 0 aliphatic carbocycles. The first-order valence-corrected chi connectivity index (χ1v) is 9.85. The smallest absolute Gasteiger partial charge is 0.278 e. The van der Waals surface area contributed by atoms with E-state index in [-0.39, 0.29) is 11.5 Å². The Balaban J connectivity index is 1.61. The highest BCUT2D eigenvalue weighted by Crippen LogP contribution is 2.29. The summed E-state index contributed by atoms with van der Waals surface area (Å²) in [5.74, 6) is 0.749. The van der Waals surface area contributed by atoms with Crippen molar-refractivity contribution in [1.29, 1.82) is 0 Å². The van der Waals surface area contributed by atoms with E-state index in [1.165, 1.54) is 0 Å². The molecule has 2 aliphatic rings. The summed E-state index contributed by atoms with van der Waals surface area (Å²) in [7, 11) is 0. The SMILES string of the molecule is CC(C)COc1cn(-c2ccccc2)nc1C(=O)N1CCOC2(CCOC2)C1. The van der Waals surface area contributed by atoms with Gasteiger partial charge in [0, 0.05) is 19.6 Å². The first-order valence-electron chi connectivity index (χ1n) is 9.85. The number of morpholine rings is 1. The molecule has 1 atom stereocenters. The second kappa shape index (κ2) is 7.93. The number of benzene rings is 1. The Morgan fingerprint density at radius 2 is 2.11 bits per heavy atom. The Hall–Kier alpha value is -2.38.